The first-order valence-corrected chi connectivity index (χ1v) is 18.5. The molecule has 3 aliphatic rings. The molecule has 15 heteroatoms. The predicted molar refractivity (Wildman–Crippen MR) is 187 cm³/mol. The Kier molecular flexibility index (Phi) is 15.1. The number of hydrogen-bond acceptors (Lipinski definition) is 12. The number of carbonyl (C=O) groups excluding carboxylic acids is 4. The lowest BCUT2D eigenvalue weighted by Crippen LogP contribution is -2.58. The number of hydrogen-bond donors (Lipinski definition) is 1. The SMILES string of the molecule is CC[C@H]1OC(=O)[C@H](C)[C@@H](O)[C@H](C)[C@@H](OC2O[C@H](C)C[C@H](N(C)C)C2OC(C)=O)[C@@H](C)C[C@@H](C)C(=O)[C@H](C)[C@H]2N(CCCCN=[N+]=[N-])C(=O)O[C@]12C. The molecule has 3 heterocycles. The minimum Gasteiger partial charge on any atom is -0.458 e. The molecule has 1 N–H and O–H groups in total. The number of aliphatic hydroxyl groups is 1. The van der Waals surface area contributed by atoms with Crippen molar-refractivity contribution >= 4 is 23.8 Å². The molecule has 3 aliphatic heterocycles. The van der Waals surface area contributed by atoms with Gasteiger partial charge in [-0.05, 0) is 78.4 Å². The molecule has 0 aromatic rings. The lowest BCUT2D eigenvalue weighted by atomic mass is 9.74. The van der Waals surface area contributed by atoms with Crippen molar-refractivity contribution < 1.29 is 48.0 Å². The quantitative estimate of drug-likeness (QED) is 0.0808. The summed E-state index contributed by atoms with van der Waals surface area (Å²) in [4.78, 5) is 60.2. The van der Waals surface area contributed by atoms with Gasteiger partial charge in [0.15, 0.2) is 18.0 Å². The summed E-state index contributed by atoms with van der Waals surface area (Å²) in [6, 6.07) is -0.961. The van der Waals surface area contributed by atoms with Crippen molar-refractivity contribution in [1.82, 2.24) is 9.80 Å². The number of carbonyl (C=O) groups is 4. The van der Waals surface area contributed by atoms with Crippen LogP contribution in [0.3, 0.4) is 0 Å². The number of rotatable bonds is 10. The summed E-state index contributed by atoms with van der Waals surface area (Å²) in [7, 11) is 3.80. The molecule has 0 saturated carbocycles. The number of unbranched alkanes of at least 4 members (excludes halogenated alkanes) is 1. The highest BCUT2D eigenvalue weighted by molar-refractivity contribution is 5.85. The van der Waals surface area contributed by atoms with Crippen molar-refractivity contribution in [2.75, 3.05) is 27.2 Å². The van der Waals surface area contributed by atoms with Crippen molar-refractivity contribution in [3.8, 4) is 0 Å². The Morgan fingerprint density at radius 3 is 2.33 bits per heavy atom. The summed E-state index contributed by atoms with van der Waals surface area (Å²) in [6.07, 6.45) is -3.14. The van der Waals surface area contributed by atoms with Gasteiger partial charge < -0.3 is 38.6 Å². The van der Waals surface area contributed by atoms with Crippen LogP contribution >= 0.6 is 0 Å². The molecule has 51 heavy (non-hydrogen) atoms. The maximum Gasteiger partial charge on any atom is 0.410 e. The lowest BCUT2D eigenvalue weighted by molar-refractivity contribution is -0.286. The molecule has 290 valence electrons. The maximum atomic E-state index is 14.4. The van der Waals surface area contributed by atoms with Gasteiger partial charge in [0.2, 0.25) is 0 Å². The van der Waals surface area contributed by atoms with Crippen molar-refractivity contribution in [3.63, 3.8) is 0 Å². The monoisotopic (exact) mass is 723 g/mol. The second-order valence-corrected chi connectivity index (χ2v) is 15.4. The maximum absolute atomic E-state index is 14.4. The molecule has 0 spiro atoms. The zero-order valence-corrected chi connectivity index (χ0v) is 32.3. The standard InChI is InChI=1S/C36H61N5O10/c1-12-27-36(9)32(41(35(46)51-36)16-14-13-15-38-39-37)23(6)28(43)19(2)17-20(3)30(22(5)29(44)24(7)33(45)49-27)50-34-31(48-25(8)42)26(40(10)11)18-21(4)47-34/h19-24,26-27,29-32,34,44H,12-18H2,1-11H3/t19-,20+,21-,22+,23+,24-,26+,27-,29+,30+,31?,32-,34?,36-/m1/s1. The van der Waals surface area contributed by atoms with E-state index < -0.39 is 84.1 Å². The number of nitrogens with zero attached hydrogens (tertiary/aromatic N) is 5. The molecule has 1 amide bonds. The van der Waals surface area contributed by atoms with E-state index in [2.05, 4.69) is 10.0 Å². The molecule has 0 radical (unpaired) electrons. The molecular formula is C36H61N5O10. The van der Waals surface area contributed by atoms with Crippen LogP contribution in [0.5, 0.6) is 0 Å². The van der Waals surface area contributed by atoms with Crippen LogP contribution < -0.4 is 0 Å². The third-order valence-electron chi connectivity index (χ3n) is 11.2. The number of cyclic esters (lactones) is 1. The highest BCUT2D eigenvalue weighted by Gasteiger charge is 2.59. The van der Waals surface area contributed by atoms with Crippen LogP contribution in [0.4, 0.5) is 4.79 Å². The summed E-state index contributed by atoms with van der Waals surface area (Å²) < 4.78 is 30.9. The summed E-state index contributed by atoms with van der Waals surface area (Å²) >= 11 is 0. The number of esters is 2. The van der Waals surface area contributed by atoms with Crippen molar-refractivity contribution in [2.45, 2.75) is 149 Å². The van der Waals surface area contributed by atoms with E-state index in [0.717, 1.165) is 0 Å². The zero-order chi connectivity index (χ0) is 38.4. The second kappa shape index (κ2) is 18.2. The van der Waals surface area contributed by atoms with E-state index in [0.29, 0.717) is 25.7 Å². The van der Waals surface area contributed by atoms with E-state index >= 15 is 0 Å². The summed E-state index contributed by atoms with van der Waals surface area (Å²) in [5.74, 6) is -4.42. The molecule has 3 fully saturated rings. The highest BCUT2D eigenvalue weighted by Crippen LogP contribution is 2.42. The molecule has 14 atom stereocenters. The average molecular weight is 724 g/mol. The molecule has 0 bridgehead atoms. The van der Waals surface area contributed by atoms with Gasteiger partial charge in [-0.25, -0.2) is 4.79 Å². The van der Waals surface area contributed by atoms with Gasteiger partial charge in [0, 0.05) is 42.7 Å². The largest absolute Gasteiger partial charge is 0.458 e. The number of amides is 1. The van der Waals surface area contributed by atoms with Crippen LogP contribution in [0.1, 0.15) is 94.4 Å². The van der Waals surface area contributed by atoms with E-state index in [9.17, 15) is 24.3 Å². The Labute approximate surface area is 302 Å². The molecule has 2 unspecified atom stereocenters. The van der Waals surface area contributed by atoms with Crippen LogP contribution in [0, 0.1) is 29.6 Å². The zero-order valence-electron chi connectivity index (χ0n) is 32.3. The summed E-state index contributed by atoms with van der Waals surface area (Å²) in [5.41, 5.74) is 7.30. The fourth-order valence-corrected chi connectivity index (χ4v) is 8.44. The average Bonchev–Trinajstić information content (AvgIpc) is 3.33. The van der Waals surface area contributed by atoms with Gasteiger partial charge in [0.25, 0.3) is 0 Å². The Bertz CT molecular complexity index is 1280. The number of Topliss-reactive ketones (excluding diaryl/α,β-unsaturated/α-hetero) is 1. The van der Waals surface area contributed by atoms with Crippen LogP contribution in [0.25, 0.3) is 10.4 Å². The normalized spacial score (nSPS) is 39.7. The van der Waals surface area contributed by atoms with E-state index in [4.69, 9.17) is 29.2 Å². The second-order valence-electron chi connectivity index (χ2n) is 15.4. The molecule has 3 saturated heterocycles. The number of fused-ring (bicyclic) bond motifs is 1. The smallest absolute Gasteiger partial charge is 0.410 e. The van der Waals surface area contributed by atoms with Crippen LogP contribution in [-0.2, 0) is 38.1 Å². The first-order valence-electron chi connectivity index (χ1n) is 18.5. The minimum absolute atomic E-state index is 0.0954. The summed E-state index contributed by atoms with van der Waals surface area (Å²) in [5, 5.41) is 15.3. The number of azide groups is 1. The van der Waals surface area contributed by atoms with Crippen LogP contribution in [0.15, 0.2) is 5.11 Å². The first kappa shape index (κ1) is 42.4. The number of aliphatic hydroxyl groups excluding tert-OH is 1. The first-order chi connectivity index (χ1) is 23.9. The molecule has 0 aliphatic carbocycles. The van der Waals surface area contributed by atoms with Crippen LogP contribution in [0.2, 0.25) is 0 Å². The van der Waals surface area contributed by atoms with Gasteiger partial charge in [-0.3, -0.25) is 14.4 Å². The van der Waals surface area contributed by atoms with Gasteiger partial charge in [-0.2, -0.15) is 0 Å². The van der Waals surface area contributed by atoms with Crippen LogP contribution in [-0.4, -0.2) is 120 Å². The topological polar surface area (TPSA) is 190 Å². The van der Waals surface area contributed by atoms with Gasteiger partial charge in [0.1, 0.15) is 11.9 Å². The van der Waals surface area contributed by atoms with Crippen molar-refractivity contribution in [1.29, 1.82) is 0 Å². The van der Waals surface area contributed by atoms with Crippen molar-refractivity contribution in [2.24, 2.45) is 34.7 Å². The third kappa shape index (κ3) is 9.72. The Morgan fingerprint density at radius 1 is 1.08 bits per heavy atom. The molecule has 0 aromatic heterocycles. The number of ether oxygens (including phenoxy) is 5. The number of likely N-dealkylation sites (N-methyl/N-ethyl adjacent to an activating group) is 1. The van der Waals surface area contributed by atoms with E-state index in [1.165, 1.54) is 6.92 Å². The Hall–Kier alpha value is -2.97. The predicted octanol–water partition coefficient (Wildman–Crippen LogP) is 4.87. The van der Waals surface area contributed by atoms with Gasteiger partial charge >= 0.3 is 18.0 Å². The Morgan fingerprint density at radius 2 is 1.75 bits per heavy atom. The minimum atomic E-state index is -1.36. The summed E-state index contributed by atoms with van der Waals surface area (Å²) in [6.45, 7) is 16.3. The molecular weight excluding hydrogens is 662 g/mol. The number of ketones is 1. The lowest BCUT2D eigenvalue weighted by Gasteiger charge is -2.46. The third-order valence-corrected chi connectivity index (χ3v) is 11.2. The molecule has 15 nitrogen and oxygen atoms in total. The van der Waals surface area contributed by atoms with E-state index in [1.54, 1.807) is 32.6 Å². The molecule has 0 aromatic carbocycles. The van der Waals surface area contributed by atoms with Gasteiger partial charge in [-0.15, -0.1) is 0 Å². The van der Waals surface area contributed by atoms with E-state index in [-0.39, 0.29) is 43.4 Å². The van der Waals surface area contributed by atoms with E-state index in [1.807, 2.05) is 46.7 Å². The fourth-order valence-electron chi connectivity index (χ4n) is 8.44. The molecule has 3 rings (SSSR count). The van der Waals surface area contributed by atoms with Gasteiger partial charge in [0.05, 0.1) is 36.3 Å². The highest BCUT2D eigenvalue weighted by atomic mass is 16.7. The van der Waals surface area contributed by atoms with Gasteiger partial charge in [-0.1, -0.05) is 39.7 Å². The fraction of sp³-hybridized carbons (Fsp3) is 0.889. The van der Waals surface area contributed by atoms with Crippen molar-refractivity contribution in [3.05, 3.63) is 10.4 Å². The Balaban J connectivity index is 2.05.